The van der Waals surface area contributed by atoms with Crippen molar-refractivity contribution in [2.24, 2.45) is 0 Å². The number of halogens is 1. The zero-order valence-corrected chi connectivity index (χ0v) is 17.6. The van der Waals surface area contributed by atoms with Crippen LogP contribution in [0.5, 0.6) is 5.75 Å². The fourth-order valence-electron chi connectivity index (χ4n) is 3.14. The number of hydrogen-bond donors (Lipinski definition) is 0. The van der Waals surface area contributed by atoms with Gasteiger partial charge in [0.2, 0.25) is 10.0 Å². The lowest BCUT2D eigenvalue weighted by Crippen LogP contribution is -2.41. The van der Waals surface area contributed by atoms with Crippen molar-refractivity contribution < 1.29 is 17.9 Å². The Morgan fingerprint density at radius 3 is 2.50 bits per heavy atom. The maximum absolute atomic E-state index is 13.0. The van der Waals surface area contributed by atoms with E-state index in [1.807, 2.05) is 6.92 Å². The van der Waals surface area contributed by atoms with Crippen LogP contribution in [-0.2, 0) is 21.2 Å². The van der Waals surface area contributed by atoms with E-state index in [-0.39, 0.29) is 10.8 Å². The van der Waals surface area contributed by atoms with Crippen LogP contribution in [0.1, 0.15) is 18.9 Å². The molecule has 0 spiro atoms. The fraction of sp³-hybridized carbons (Fsp3) is 0.350. The second kappa shape index (κ2) is 8.11. The van der Waals surface area contributed by atoms with Gasteiger partial charge in [-0.05, 0) is 60.9 Å². The van der Waals surface area contributed by atoms with Gasteiger partial charge in [0.25, 0.3) is 5.91 Å². The largest absolute Gasteiger partial charge is 0.481 e. The van der Waals surface area contributed by atoms with Crippen molar-refractivity contribution in [1.29, 1.82) is 0 Å². The number of carbonyl (C=O) groups excluding carboxylic acids is 1. The molecule has 8 heteroatoms. The molecule has 0 bridgehead atoms. The Balaban J connectivity index is 1.82. The standard InChI is InChI=1S/C20H23ClN2O4S/c1-4-19(27-16-7-5-15(21)6-8-16)20(24)23-12-11-14-13-17(9-10-18(14)23)28(25,26)22(2)3/h5-10,13,19H,4,11-12H2,1-3H3/t19-/m0/s1. The molecule has 0 aliphatic carbocycles. The summed E-state index contributed by atoms with van der Waals surface area (Å²) in [4.78, 5) is 15.0. The summed E-state index contributed by atoms with van der Waals surface area (Å²) in [6.45, 7) is 2.39. The predicted molar refractivity (Wildman–Crippen MR) is 110 cm³/mol. The van der Waals surface area contributed by atoms with Gasteiger partial charge in [-0.2, -0.15) is 0 Å². The van der Waals surface area contributed by atoms with Crippen LogP contribution in [0.25, 0.3) is 0 Å². The van der Waals surface area contributed by atoms with Crippen molar-refractivity contribution in [2.75, 3.05) is 25.5 Å². The first-order valence-electron chi connectivity index (χ1n) is 9.03. The van der Waals surface area contributed by atoms with Crippen LogP contribution >= 0.6 is 11.6 Å². The van der Waals surface area contributed by atoms with E-state index in [1.54, 1.807) is 47.4 Å². The zero-order chi connectivity index (χ0) is 20.5. The van der Waals surface area contributed by atoms with Gasteiger partial charge in [-0.15, -0.1) is 0 Å². The molecule has 28 heavy (non-hydrogen) atoms. The van der Waals surface area contributed by atoms with Crippen LogP contribution in [0.4, 0.5) is 5.69 Å². The number of nitrogens with zero attached hydrogens (tertiary/aromatic N) is 2. The summed E-state index contributed by atoms with van der Waals surface area (Å²) in [7, 11) is -0.510. The zero-order valence-electron chi connectivity index (χ0n) is 16.1. The van der Waals surface area contributed by atoms with Crippen LogP contribution < -0.4 is 9.64 Å². The minimum absolute atomic E-state index is 0.139. The summed E-state index contributed by atoms with van der Waals surface area (Å²) in [6, 6.07) is 11.8. The number of sulfonamides is 1. The highest BCUT2D eigenvalue weighted by molar-refractivity contribution is 7.89. The molecule has 3 rings (SSSR count). The van der Waals surface area contributed by atoms with Crippen molar-refractivity contribution in [3.05, 3.63) is 53.1 Å². The highest BCUT2D eigenvalue weighted by Crippen LogP contribution is 2.32. The molecule has 2 aromatic rings. The first kappa shape index (κ1) is 20.6. The summed E-state index contributed by atoms with van der Waals surface area (Å²) in [5.74, 6) is 0.441. The summed E-state index contributed by atoms with van der Waals surface area (Å²) in [5.41, 5.74) is 1.58. The molecular weight excluding hydrogens is 400 g/mol. The molecule has 2 aromatic carbocycles. The normalized spacial score (nSPS) is 14.8. The maximum Gasteiger partial charge on any atom is 0.268 e. The Morgan fingerprint density at radius 1 is 1.21 bits per heavy atom. The monoisotopic (exact) mass is 422 g/mol. The third kappa shape index (κ3) is 4.01. The van der Waals surface area contributed by atoms with Crippen molar-refractivity contribution in [3.63, 3.8) is 0 Å². The van der Waals surface area contributed by atoms with Gasteiger partial charge in [0.1, 0.15) is 5.75 Å². The van der Waals surface area contributed by atoms with Gasteiger partial charge in [-0.3, -0.25) is 4.79 Å². The van der Waals surface area contributed by atoms with Crippen molar-refractivity contribution in [2.45, 2.75) is 30.8 Å². The van der Waals surface area contributed by atoms with E-state index < -0.39 is 16.1 Å². The Morgan fingerprint density at radius 2 is 1.89 bits per heavy atom. The summed E-state index contributed by atoms with van der Waals surface area (Å²) >= 11 is 5.89. The topological polar surface area (TPSA) is 66.9 Å². The molecule has 0 radical (unpaired) electrons. The van der Waals surface area contributed by atoms with Crippen molar-refractivity contribution in [3.8, 4) is 5.75 Å². The summed E-state index contributed by atoms with van der Waals surface area (Å²) in [6.07, 6.45) is 0.493. The summed E-state index contributed by atoms with van der Waals surface area (Å²) < 4.78 is 31.7. The molecule has 6 nitrogen and oxygen atoms in total. The lowest BCUT2D eigenvalue weighted by atomic mass is 10.1. The number of ether oxygens (including phenoxy) is 1. The molecule has 0 aromatic heterocycles. The third-order valence-corrected chi connectivity index (χ3v) is 6.79. The molecule has 1 aliphatic rings. The second-order valence-electron chi connectivity index (χ2n) is 6.79. The van der Waals surface area contributed by atoms with Crippen LogP contribution in [0, 0.1) is 0 Å². The Bertz CT molecular complexity index is 974. The second-order valence-corrected chi connectivity index (χ2v) is 9.37. The minimum atomic E-state index is -3.51. The van der Waals surface area contributed by atoms with E-state index in [1.165, 1.54) is 18.4 Å². The first-order chi connectivity index (χ1) is 13.2. The van der Waals surface area contributed by atoms with E-state index in [0.717, 1.165) is 11.3 Å². The van der Waals surface area contributed by atoms with Crippen LogP contribution in [-0.4, -0.2) is 45.4 Å². The molecule has 1 atom stereocenters. The molecular formula is C20H23ClN2O4S. The molecule has 0 fully saturated rings. The minimum Gasteiger partial charge on any atom is -0.481 e. The van der Waals surface area contributed by atoms with Gasteiger partial charge in [0.05, 0.1) is 4.90 Å². The fourth-order valence-corrected chi connectivity index (χ4v) is 4.22. The Labute approximate surface area is 170 Å². The van der Waals surface area contributed by atoms with Gasteiger partial charge in [-0.1, -0.05) is 18.5 Å². The van der Waals surface area contributed by atoms with E-state index >= 15 is 0 Å². The average Bonchev–Trinajstić information content (AvgIpc) is 3.10. The molecule has 0 unspecified atom stereocenters. The Kier molecular flexibility index (Phi) is 5.98. The highest BCUT2D eigenvalue weighted by atomic mass is 35.5. The number of rotatable bonds is 6. The van der Waals surface area contributed by atoms with Crippen LogP contribution in [0.15, 0.2) is 47.4 Å². The molecule has 150 valence electrons. The van der Waals surface area contributed by atoms with Gasteiger partial charge in [0.15, 0.2) is 6.10 Å². The lowest BCUT2D eigenvalue weighted by molar-refractivity contribution is -0.125. The number of benzene rings is 2. The van der Waals surface area contributed by atoms with Gasteiger partial charge in [-0.25, -0.2) is 12.7 Å². The number of fused-ring (bicyclic) bond motifs is 1. The van der Waals surface area contributed by atoms with Crippen molar-refractivity contribution >= 4 is 33.2 Å². The van der Waals surface area contributed by atoms with Gasteiger partial charge < -0.3 is 9.64 Å². The predicted octanol–water partition coefficient (Wildman–Crippen LogP) is 3.34. The van der Waals surface area contributed by atoms with Gasteiger partial charge >= 0.3 is 0 Å². The molecule has 1 amide bonds. The number of amides is 1. The summed E-state index contributed by atoms with van der Waals surface area (Å²) in [5, 5.41) is 0.601. The quantitative estimate of drug-likeness (QED) is 0.716. The smallest absolute Gasteiger partial charge is 0.268 e. The number of anilines is 1. The SMILES string of the molecule is CC[C@H](Oc1ccc(Cl)cc1)C(=O)N1CCc2cc(S(=O)(=O)N(C)C)ccc21. The lowest BCUT2D eigenvalue weighted by Gasteiger charge is -2.24. The number of carbonyl (C=O) groups is 1. The highest BCUT2D eigenvalue weighted by Gasteiger charge is 2.31. The van der Waals surface area contributed by atoms with E-state index in [4.69, 9.17) is 16.3 Å². The molecule has 1 heterocycles. The molecule has 0 N–H and O–H groups in total. The van der Waals surface area contributed by atoms with Crippen LogP contribution in [0.2, 0.25) is 5.02 Å². The van der Waals surface area contributed by atoms with Crippen molar-refractivity contribution in [1.82, 2.24) is 4.31 Å². The van der Waals surface area contributed by atoms with Gasteiger partial charge in [0, 0.05) is 31.4 Å². The Hall–Kier alpha value is -2.09. The number of hydrogen-bond acceptors (Lipinski definition) is 4. The van der Waals surface area contributed by atoms with E-state index in [2.05, 4.69) is 0 Å². The first-order valence-corrected chi connectivity index (χ1v) is 10.8. The molecule has 0 saturated carbocycles. The molecule has 1 aliphatic heterocycles. The molecule has 0 saturated heterocycles. The maximum atomic E-state index is 13.0. The van der Waals surface area contributed by atoms with E-state index in [0.29, 0.717) is 30.2 Å². The average molecular weight is 423 g/mol. The third-order valence-electron chi connectivity index (χ3n) is 4.73. The van der Waals surface area contributed by atoms with E-state index in [9.17, 15) is 13.2 Å². The van der Waals surface area contributed by atoms with Crippen LogP contribution in [0.3, 0.4) is 0 Å².